The molecule has 0 spiro atoms. The summed E-state index contributed by atoms with van der Waals surface area (Å²) in [6.45, 7) is 2.11. The highest BCUT2D eigenvalue weighted by Crippen LogP contribution is 2.29. The molecule has 1 atom stereocenters. The van der Waals surface area contributed by atoms with Crippen molar-refractivity contribution >= 4 is 5.97 Å². The first-order chi connectivity index (χ1) is 8.67. The zero-order chi connectivity index (χ0) is 13.5. The molecule has 0 aliphatic carbocycles. The molecule has 1 aromatic carbocycles. The van der Waals surface area contributed by atoms with E-state index in [0.29, 0.717) is 23.7 Å². The number of carbonyl (C=O) groups is 1. The van der Waals surface area contributed by atoms with Gasteiger partial charge in [-0.05, 0) is 32.2 Å². The summed E-state index contributed by atoms with van der Waals surface area (Å²) >= 11 is 0. The summed E-state index contributed by atoms with van der Waals surface area (Å²) < 4.78 is 15.4. The number of rotatable bonds is 6. The van der Waals surface area contributed by atoms with Crippen molar-refractivity contribution in [3.63, 3.8) is 0 Å². The third kappa shape index (κ3) is 3.13. The van der Waals surface area contributed by atoms with E-state index in [-0.39, 0.29) is 5.97 Å². The van der Waals surface area contributed by atoms with Crippen LogP contribution in [0.5, 0.6) is 11.5 Å². The van der Waals surface area contributed by atoms with Gasteiger partial charge in [-0.3, -0.25) is 0 Å². The van der Waals surface area contributed by atoms with Crippen LogP contribution in [0, 0.1) is 0 Å². The molecular formula is C13H19NO4. The predicted octanol–water partition coefficient (Wildman–Crippen LogP) is 1.53. The van der Waals surface area contributed by atoms with Gasteiger partial charge in [0.1, 0.15) is 17.5 Å². The number of benzene rings is 1. The van der Waals surface area contributed by atoms with Gasteiger partial charge in [0.25, 0.3) is 0 Å². The molecule has 0 amide bonds. The molecule has 0 aliphatic heterocycles. The monoisotopic (exact) mass is 253 g/mol. The van der Waals surface area contributed by atoms with Gasteiger partial charge in [-0.1, -0.05) is 0 Å². The van der Waals surface area contributed by atoms with Crippen molar-refractivity contribution in [3.8, 4) is 11.5 Å². The lowest BCUT2D eigenvalue weighted by molar-refractivity contribution is -0.145. The van der Waals surface area contributed by atoms with Crippen LogP contribution in [0.2, 0.25) is 0 Å². The normalized spacial score (nSPS) is 11.8. The number of ether oxygens (including phenoxy) is 3. The standard InChI is InChI=1S/C13H19NO4/c1-5-18-13(15)12(14-2)10-8-9(16-3)6-7-11(10)17-4/h6-8,12,14H,5H2,1-4H3. The summed E-state index contributed by atoms with van der Waals surface area (Å²) in [5.74, 6) is 0.935. The molecule has 0 bridgehead atoms. The Hall–Kier alpha value is -1.75. The van der Waals surface area contributed by atoms with Gasteiger partial charge in [-0.25, -0.2) is 4.79 Å². The highest BCUT2D eigenvalue weighted by atomic mass is 16.5. The summed E-state index contributed by atoms with van der Waals surface area (Å²) in [5.41, 5.74) is 0.692. The molecule has 100 valence electrons. The van der Waals surface area contributed by atoms with E-state index < -0.39 is 6.04 Å². The minimum Gasteiger partial charge on any atom is -0.497 e. The van der Waals surface area contributed by atoms with E-state index in [1.54, 1.807) is 46.4 Å². The summed E-state index contributed by atoms with van der Waals surface area (Å²) in [6, 6.07) is 4.73. The average molecular weight is 253 g/mol. The molecule has 0 saturated carbocycles. The molecule has 0 fully saturated rings. The summed E-state index contributed by atoms with van der Waals surface area (Å²) in [6.07, 6.45) is 0. The van der Waals surface area contributed by atoms with Crippen LogP contribution in [0.1, 0.15) is 18.5 Å². The lowest BCUT2D eigenvalue weighted by Gasteiger charge is -2.18. The molecule has 18 heavy (non-hydrogen) atoms. The van der Waals surface area contributed by atoms with Crippen molar-refractivity contribution in [2.24, 2.45) is 0 Å². The molecule has 0 aliphatic rings. The van der Waals surface area contributed by atoms with E-state index in [1.165, 1.54) is 0 Å². The first-order valence-electron chi connectivity index (χ1n) is 5.73. The minimum absolute atomic E-state index is 0.337. The summed E-state index contributed by atoms with van der Waals surface area (Å²) in [7, 11) is 4.83. The van der Waals surface area contributed by atoms with Gasteiger partial charge in [0.15, 0.2) is 0 Å². The lowest BCUT2D eigenvalue weighted by atomic mass is 10.1. The average Bonchev–Trinajstić information content (AvgIpc) is 2.39. The van der Waals surface area contributed by atoms with Crippen LogP contribution >= 0.6 is 0 Å². The van der Waals surface area contributed by atoms with Gasteiger partial charge in [-0.2, -0.15) is 0 Å². The van der Waals surface area contributed by atoms with Gasteiger partial charge in [0.05, 0.1) is 20.8 Å². The van der Waals surface area contributed by atoms with Crippen molar-refractivity contribution in [2.45, 2.75) is 13.0 Å². The lowest BCUT2D eigenvalue weighted by Crippen LogP contribution is -2.27. The summed E-state index contributed by atoms with van der Waals surface area (Å²) in [5, 5.41) is 2.92. The zero-order valence-corrected chi connectivity index (χ0v) is 11.1. The van der Waals surface area contributed by atoms with Crippen molar-refractivity contribution in [1.29, 1.82) is 0 Å². The Morgan fingerprint density at radius 1 is 1.33 bits per heavy atom. The van der Waals surface area contributed by atoms with Gasteiger partial charge in [0, 0.05) is 5.56 Å². The SMILES string of the molecule is CCOC(=O)C(NC)c1cc(OC)ccc1OC. The van der Waals surface area contributed by atoms with E-state index in [2.05, 4.69) is 5.32 Å². The Labute approximate surface area is 107 Å². The fourth-order valence-corrected chi connectivity index (χ4v) is 1.69. The van der Waals surface area contributed by atoms with Crippen LogP contribution in [0.3, 0.4) is 0 Å². The Morgan fingerprint density at radius 3 is 2.56 bits per heavy atom. The molecule has 5 heteroatoms. The van der Waals surface area contributed by atoms with Gasteiger partial charge in [0.2, 0.25) is 0 Å². The van der Waals surface area contributed by atoms with Crippen LogP contribution in [-0.4, -0.2) is 33.8 Å². The van der Waals surface area contributed by atoms with E-state index in [1.807, 2.05) is 0 Å². The third-order valence-electron chi connectivity index (χ3n) is 2.56. The van der Waals surface area contributed by atoms with Crippen LogP contribution in [-0.2, 0) is 9.53 Å². The molecule has 5 nitrogen and oxygen atoms in total. The Balaban J connectivity index is 3.13. The molecule has 1 aromatic rings. The minimum atomic E-state index is -0.574. The molecular weight excluding hydrogens is 234 g/mol. The zero-order valence-electron chi connectivity index (χ0n) is 11.1. The molecule has 0 heterocycles. The fourth-order valence-electron chi connectivity index (χ4n) is 1.69. The second kappa shape index (κ2) is 6.86. The number of nitrogens with one attached hydrogen (secondary N) is 1. The number of likely N-dealkylation sites (N-methyl/N-ethyl adjacent to an activating group) is 1. The van der Waals surface area contributed by atoms with Crippen LogP contribution in [0.15, 0.2) is 18.2 Å². The van der Waals surface area contributed by atoms with Crippen molar-refractivity contribution in [1.82, 2.24) is 5.32 Å². The van der Waals surface area contributed by atoms with Gasteiger partial charge >= 0.3 is 5.97 Å². The predicted molar refractivity (Wildman–Crippen MR) is 68.0 cm³/mol. The smallest absolute Gasteiger partial charge is 0.327 e. The van der Waals surface area contributed by atoms with Gasteiger partial charge in [-0.15, -0.1) is 0 Å². The quantitative estimate of drug-likeness (QED) is 0.779. The Bertz CT molecular complexity index is 406. The topological polar surface area (TPSA) is 56.8 Å². The number of esters is 1. The summed E-state index contributed by atoms with van der Waals surface area (Å²) in [4.78, 5) is 11.9. The second-order valence-electron chi connectivity index (χ2n) is 3.58. The van der Waals surface area contributed by atoms with Crippen molar-refractivity contribution in [2.75, 3.05) is 27.9 Å². The maximum Gasteiger partial charge on any atom is 0.327 e. The molecule has 0 radical (unpaired) electrons. The fraction of sp³-hybridized carbons (Fsp3) is 0.462. The Kier molecular flexibility index (Phi) is 5.45. The third-order valence-corrected chi connectivity index (χ3v) is 2.56. The second-order valence-corrected chi connectivity index (χ2v) is 3.58. The highest BCUT2D eigenvalue weighted by Gasteiger charge is 2.24. The maximum absolute atomic E-state index is 11.9. The molecule has 1 rings (SSSR count). The van der Waals surface area contributed by atoms with E-state index in [9.17, 15) is 4.79 Å². The van der Waals surface area contributed by atoms with E-state index in [0.717, 1.165) is 0 Å². The van der Waals surface area contributed by atoms with Crippen LogP contribution in [0.4, 0.5) is 0 Å². The molecule has 1 N–H and O–H groups in total. The van der Waals surface area contributed by atoms with Crippen molar-refractivity contribution in [3.05, 3.63) is 23.8 Å². The molecule has 0 saturated heterocycles. The Morgan fingerprint density at radius 2 is 2.06 bits per heavy atom. The largest absolute Gasteiger partial charge is 0.497 e. The maximum atomic E-state index is 11.9. The van der Waals surface area contributed by atoms with Crippen molar-refractivity contribution < 1.29 is 19.0 Å². The number of hydrogen-bond donors (Lipinski definition) is 1. The number of methoxy groups -OCH3 is 2. The van der Waals surface area contributed by atoms with E-state index >= 15 is 0 Å². The number of hydrogen-bond acceptors (Lipinski definition) is 5. The van der Waals surface area contributed by atoms with E-state index in [4.69, 9.17) is 14.2 Å². The highest BCUT2D eigenvalue weighted by molar-refractivity contribution is 5.79. The molecule has 1 unspecified atom stereocenters. The van der Waals surface area contributed by atoms with Gasteiger partial charge < -0.3 is 19.5 Å². The first kappa shape index (κ1) is 14.3. The first-order valence-corrected chi connectivity index (χ1v) is 5.73. The number of carbonyl (C=O) groups excluding carboxylic acids is 1. The van der Waals surface area contributed by atoms with Crippen LogP contribution in [0.25, 0.3) is 0 Å². The molecule has 0 aromatic heterocycles. The van der Waals surface area contributed by atoms with Crippen LogP contribution < -0.4 is 14.8 Å².